The van der Waals surface area contributed by atoms with Crippen LogP contribution in [0.2, 0.25) is 0 Å². The summed E-state index contributed by atoms with van der Waals surface area (Å²) in [4.78, 5) is 16.0. The third kappa shape index (κ3) is 3.50. The predicted molar refractivity (Wildman–Crippen MR) is 129 cm³/mol. The van der Waals surface area contributed by atoms with Crippen molar-refractivity contribution in [3.8, 4) is 0 Å². The van der Waals surface area contributed by atoms with Gasteiger partial charge in [0.1, 0.15) is 28.9 Å². The molecular weight excluding hydrogens is 422 g/mol. The van der Waals surface area contributed by atoms with Gasteiger partial charge in [-0.3, -0.25) is 0 Å². The lowest BCUT2D eigenvalue weighted by Crippen LogP contribution is -2.32. The van der Waals surface area contributed by atoms with Crippen molar-refractivity contribution >= 4 is 39.3 Å². The number of allylic oxidation sites excluding steroid dienone is 2. The SMILES string of the molecule is Cc1nc(N)nc(N2CCOC3=CC=C(C4=Cc5nc(N)sc5NC4)CC3C2)c1C1CC1. The summed E-state index contributed by atoms with van der Waals surface area (Å²) in [5.74, 6) is 3.24. The first-order valence-electron chi connectivity index (χ1n) is 11.2. The van der Waals surface area contributed by atoms with Gasteiger partial charge in [-0.05, 0) is 55.4 Å². The van der Waals surface area contributed by atoms with Crippen molar-refractivity contribution in [1.29, 1.82) is 0 Å². The third-order valence-electron chi connectivity index (χ3n) is 6.64. The summed E-state index contributed by atoms with van der Waals surface area (Å²) in [5.41, 5.74) is 17.7. The molecule has 0 bridgehead atoms. The number of nitrogens with zero attached hydrogens (tertiary/aromatic N) is 4. The van der Waals surface area contributed by atoms with Crippen molar-refractivity contribution in [2.45, 2.75) is 32.1 Å². The first-order chi connectivity index (χ1) is 15.5. The molecule has 0 spiro atoms. The summed E-state index contributed by atoms with van der Waals surface area (Å²) in [5, 5.41) is 5.11. The number of rotatable bonds is 3. The zero-order chi connectivity index (χ0) is 21.8. The van der Waals surface area contributed by atoms with E-state index in [2.05, 4.69) is 45.3 Å². The smallest absolute Gasteiger partial charge is 0.222 e. The standard InChI is InChI=1S/C23H27N7OS/c1-12-19(13-2-3-13)20(29-22(24)27-12)30-6-7-31-18-5-4-14(8-16(18)11-30)15-9-17-21(26-10-15)32-23(25)28-17/h4-5,9,13,16,26H,2-3,6-8,10-11H2,1H3,(H2,25,28)(H2,24,27,29). The number of nitrogen functional groups attached to an aromatic ring is 2. The maximum absolute atomic E-state index is 6.17. The molecule has 0 radical (unpaired) electrons. The topological polar surface area (TPSA) is 115 Å². The second kappa shape index (κ2) is 7.51. The van der Waals surface area contributed by atoms with Crippen LogP contribution in [0.15, 0.2) is 29.1 Å². The molecule has 0 amide bonds. The van der Waals surface area contributed by atoms with Gasteiger partial charge in [0, 0.05) is 30.3 Å². The van der Waals surface area contributed by atoms with Crippen LogP contribution in [0.4, 0.5) is 21.9 Å². The molecular formula is C23H27N7OS. The van der Waals surface area contributed by atoms with E-state index in [1.54, 1.807) is 0 Å². The number of hydrogen-bond donors (Lipinski definition) is 3. The Morgan fingerprint density at radius 1 is 1.12 bits per heavy atom. The Morgan fingerprint density at radius 2 is 2.00 bits per heavy atom. The average Bonchev–Trinajstić information content (AvgIpc) is 3.55. The van der Waals surface area contributed by atoms with Crippen LogP contribution in [-0.2, 0) is 4.74 Å². The van der Waals surface area contributed by atoms with Gasteiger partial charge in [-0.25, -0.2) is 9.97 Å². The van der Waals surface area contributed by atoms with Crippen LogP contribution in [0.25, 0.3) is 6.08 Å². The van der Waals surface area contributed by atoms with E-state index in [-0.39, 0.29) is 5.92 Å². The fourth-order valence-corrected chi connectivity index (χ4v) is 5.69. The molecule has 32 heavy (non-hydrogen) atoms. The van der Waals surface area contributed by atoms with Crippen molar-refractivity contribution in [1.82, 2.24) is 15.0 Å². The fourth-order valence-electron chi connectivity index (χ4n) is 4.98. The summed E-state index contributed by atoms with van der Waals surface area (Å²) in [7, 11) is 0. The summed E-state index contributed by atoms with van der Waals surface area (Å²) in [6.07, 6.45) is 9.83. The number of hydrogen-bond acceptors (Lipinski definition) is 9. The van der Waals surface area contributed by atoms with Crippen LogP contribution in [0, 0.1) is 12.8 Å². The lowest BCUT2D eigenvalue weighted by Gasteiger charge is -2.29. The summed E-state index contributed by atoms with van der Waals surface area (Å²) in [6, 6.07) is 0. The predicted octanol–water partition coefficient (Wildman–Crippen LogP) is 3.46. The van der Waals surface area contributed by atoms with Gasteiger partial charge in [0.25, 0.3) is 0 Å². The molecule has 5 N–H and O–H groups in total. The van der Waals surface area contributed by atoms with E-state index in [1.165, 1.54) is 40.9 Å². The van der Waals surface area contributed by atoms with Gasteiger partial charge in [0.05, 0.1) is 6.54 Å². The minimum absolute atomic E-state index is 0.267. The molecule has 1 unspecified atom stereocenters. The zero-order valence-corrected chi connectivity index (χ0v) is 18.9. The number of aryl methyl sites for hydroxylation is 1. The highest BCUT2D eigenvalue weighted by molar-refractivity contribution is 7.19. The van der Waals surface area contributed by atoms with Gasteiger partial charge in [-0.15, -0.1) is 0 Å². The van der Waals surface area contributed by atoms with Crippen molar-refractivity contribution in [3.63, 3.8) is 0 Å². The maximum Gasteiger partial charge on any atom is 0.222 e. The molecule has 4 heterocycles. The fraction of sp³-hybridized carbons (Fsp3) is 0.435. The molecule has 166 valence electrons. The van der Waals surface area contributed by atoms with Gasteiger partial charge in [-0.2, -0.15) is 4.98 Å². The molecule has 1 saturated carbocycles. The Labute approximate surface area is 191 Å². The van der Waals surface area contributed by atoms with Crippen molar-refractivity contribution in [2.24, 2.45) is 5.92 Å². The number of fused-ring (bicyclic) bond motifs is 2. The first kappa shape index (κ1) is 19.6. The number of thiazole rings is 1. The monoisotopic (exact) mass is 449 g/mol. The van der Waals surface area contributed by atoms with Crippen LogP contribution in [0.5, 0.6) is 0 Å². The Balaban J connectivity index is 1.28. The molecule has 6 rings (SSSR count). The first-order valence-corrected chi connectivity index (χ1v) is 12.0. The second-order valence-corrected chi connectivity index (χ2v) is 9.96. The van der Waals surface area contributed by atoms with E-state index in [0.29, 0.717) is 23.6 Å². The van der Waals surface area contributed by atoms with Crippen molar-refractivity contribution < 1.29 is 4.74 Å². The molecule has 4 aliphatic rings. The summed E-state index contributed by atoms with van der Waals surface area (Å²) >= 11 is 1.50. The minimum Gasteiger partial charge on any atom is -0.496 e. The summed E-state index contributed by atoms with van der Waals surface area (Å²) < 4.78 is 6.17. The number of nitrogens with two attached hydrogens (primary N) is 2. The van der Waals surface area contributed by atoms with E-state index in [1.807, 2.05) is 0 Å². The molecule has 0 aromatic carbocycles. The quantitative estimate of drug-likeness (QED) is 0.653. The van der Waals surface area contributed by atoms with Crippen LogP contribution in [0.3, 0.4) is 0 Å². The van der Waals surface area contributed by atoms with Crippen LogP contribution >= 0.6 is 11.3 Å². The van der Waals surface area contributed by atoms with E-state index in [4.69, 9.17) is 21.2 Å². The van der Waals surface area contributed by atoms with Crippen molar-refractivity contribution in [3.05, 3.63) is 46.0 Å². The lowest BCUT2D eigenvalue weighted by molar-refractivity contribution is 0.200. The number of nitrogens with one attached hydrogen (secondary N) is 1. The lowest BCUT2D eigenvalue weighted by atomic mass is 9.87. The highest BCUT2D eigenvalue weighted by Crippen LogP contribution is 2.46. The molecule has 2 aliphatic carbocycles. The molecule has 9 heteroatoms. The molecule has 8 nitrogen and oxygen atoms in total. The van der Waals surface area contributed by atoms with E-state index in [9.17, 15) is 0 Å². The number of anilines is 4. The highest BCUT2D eigenvalue weighted by Gasteiger charge is 2.34. The average molecular weight is 450 g/mol. The zero-order valence-electron chi connectivity index (χ0n) is 18.1. The van der Waals surface area contributed by atoms with E-state index >= 15 is 0 Å². The Hall–Kier alpha value is -3.07. The molecule has 2 fully saturated rings. The molecule has 1 saturated heterocycles. The molecule has 1 atom stereocenters. The summed E-state index contributed by atoms with van der Waals surface area (Å²) in [6.45, 7) is 5.13. The van der Waals surface area contributed by atoms with Gasteiger partial charge in [-0.1, -0.05) is 17.4 Å². The van der Waals surface area contributed by atoms with Crippen LogP contribution in [0.1, 0.15) is 42.1 Å². The third-order valence-corrected chi connectivity index (χ3v) is 7.50. The Morgan fingerprint density at radius 3 is 2.84 bits per heavy atom. The Bertz CT molecular complexity index is 1180. The van der Waals surface area contributed by atoms with Gasteiger partial charge in [0.2, 0.25) is 5.95 Å². The largest absolute Gasteiger partial charge is 0.496 e. The maximum atomic E-state index is 6.17. The highest BCUT2D eigenvalue weighted by atomic mass is 32.1. The van der Waals surface area contributed by atoms with E-state index < -0.39 is 0 Å². The Kier molecular flexibility index (Phi) is 4.60. The van der Waals surface area contributed by atoms with Crippen LogP contribution in [-0.4, -0.2) is 41.2 Å². The second-order valence-electron chi connectivity index (χ2n) is 8.92. The van der Waals surface area contributed by atoms with Crippen molar-refractivity contribution in [2.75, 3.05) is 47.9 Å². The normalized spacial score (nSPS) is 22.5. The van der Waals surface area contributed by atoms with Gasteiger partial charge in [0.15, 0.2) is 5.13 Å². The minimum atomic E-state index is 0.267. The van der Waals surface area contributed by atoms with Crippen LogP contribution < -0.4 is 21.7 Å². The molecule has 2 aromatic rings. The van der Waals surface area contributed by atoms with E-state index in [0.717, 1.165) is 54.0 Å². The number of aromatic nitrogens is 3. The number of ether oxygens (including phenoxy) is 1. The van der Waals surface area contributed by atoms with Gasteiger partial charge < -0.3 is 26.4 Å². The molecule has 2 aromatic heterocycles. The molecule has 2 aliphatic heterocycles. The van der Waals surface area contributed by atoms with Gasteiger partial charge >= 0.3 is 0 Å².